The number of nitrogens with zero attached hydrogens (tertiary/aromatic N) is 2. The second kappa shape index (κ2) is 5.70. The summed E-state index contributed by atoms with van der Waals surface area (Å²) in [7, 11) is 0. The number of nitriles is 2. The van der Waals surface area contributed by atoms with Gasteiger partial charge in [0.1, 0.15) is 4.83 Å². The van der Waals surface area contributed by atoms with Gasteiger partial charge in [-0.1, -0.05) is 31.9 Å². The number of alkyl halides is 2. The van der Waals surface area contributed by atoms with E-state index in [1.165, 1.54) is 0 Å². The molecule has 0 amide bonds. The lowest BCUT2D eigenvalue weighted by Crippen LogP contribution is -2.10. The van der Waals surface area contributed by atoms with E-state index in [1.807, 2.05) is 6.07 Å². The van der Waals surface area contributed by atoms with Crippen LogP contribution >= 0.6 is 31.9 Å². The van der Waals surface area contributed by atoms with E-state index in [2.05, 4.69) is 37.9 Å². The summed E-state index contributed by atoms with van der Waals surface area (Å²) in [5.41, 5.74) is 0. The van der Waals surface area contributed by atoms with Crippen molar-refractivity contribution in [1.29, 1.82) is 10.5 Å². The second-order valence-electron chi connectivity index (χ2n) is 1.74. The number of rotatable bonds is 3. The summed E-state index contributed by atoms with van der Waals surface area (Å²) in [5.74, 6) is -0.204. The lowest BCUT2D eigenvalue weighted by atomic mass is 10.1. The lowest BCUT2D eigenvalue weighted by Gasteiger charge is -2.05. The first kappa shape index (κ1) is 9.94. The van der Waals surface area contributed by atoms with Gasteiger partial charge in [-0.15, -0.1) is 0 Å². The molecular formula is C6H6Br2N2. The van der Waals surface area contributed by atoms with Crippen LogP contribution in [0.1, 0.15) is 6.42 Å². The largest absolute Gasteiger partial charge is 0.198 e. The molecular weight excluding hydrogens is 260 g/mol. The SMILES string of the molecule is N#CC(Br)C(C#N)CCBr. The molecule has 0 aliphatic heterocycles. The molecule has 0 rings (SSSR count). The van der Waals surface area contributed by atoms with Crippen molar-refractivity contribution in [2.24, 2.45) is 5.92 Å². The minimum atomic E-state index is -0.338. The molecule has 0 aromatic carbocycles. The Morgan fingerprint density at radius 1 is 1.30 bits per heavy atom. The van der Waals surface area contributed by atoms with E-state index in [0.717, 1.165) is 5.33 Å². The minimum Gasteiger partial charge on any atom is -0.198 e. The highest BCUT2D eigenvalue weighted by Gasteiger charge is 2.16. The highest BCUT2D eigenvalue weighted by atomic mass is 79.9. The van der Waals surface area contributed by atoms with Gasteiger partial charge in [0.25, 0.3) is 0 Å². The fourth-order valence-electron chi connectivity index (χ4n) is 0.484. The van der Waals surface area contributed by atoms with Crippen molar-refractivity contribution in [3.05, 3.63) is 0 Å². The zero-order chi connectivity index (χ0) is 7.98. The Bertz CT molecular complexity index is 168. The van der Waals surface area contributed by atoms with Crippen LogP contribution in [0, 0.1) is 28.6 Å². The zero-order valence-corrected chi connectivity index (χ0v) is 8.39. The Morgan fingerprint density at radius 2 is 1.90 bits per heavy atom. The van der Waals surface area contributed by atoms with Gasteiger partial charge in [-0.3, -0.25) is 0 Å². The fourth-order valence-corrected chi connectivity index (χ4v) is 1.36. The molecule has 0 spiro atoms. The molecule has 0 N–H and O–H groups in total. The van der Waals surface area contributed by atoms with E-state index < -0.39 is 0 Å². The maximum atomic E-state index is 8.51. The number of hydrogen-bond acceptors (Lipinski definition) is 2. The predicted molar refractivity (Wildman–Crippen MR) is 45.8 cm³/mol. The van der Waals surface area contributed by atoms with E-state index >= 15 is 0 Å². The summed E-state index contributed by atoms with van der Waals surface area (Å²) in [4.78, 5) is -0.338. The van der Waals surface area contributed by atoms with Gasteiger partial charge >= 0.3 is 0 Å². The van der Waals surface area contributed by atoms with Crippen LogP contribution in [0.3, 0.4) is 0 Å². The summed E-state index contributed by atoms with van der Waals surface area (Å²) in [6.45, 7) is 0. The molecule has 0 radical (unpaired) electrons. The fraction of sp³-hybridized carbons (Fsp3) is 0.667. The topological polar surface area (TPSA) is 47.6 Å². The summed E-state index contributed by atoms with van der Waals surface area (Å²) in [6, 6.07) is 4.03. The third kappa shape index (κ3) is 3.20. The summed E-state index contributed by atoms with van der Waals surface area (Å²) < 4.78 is 0. The molecule has 0 aromatic heterocycles. The molecule has 0 aromatic rings. The molecule has 0 aliphatic carbocycles. The van der Waals surface area contributed by atoms with Crippen molar-refractivity contribution in [1.82, 2.24) is 0 Å². The summed E-state index contributed by atoms with van der Waals surface area (Å²) in [5, 5.41) is 17.7. The van der Waals surface area contributed by atoms with Crippen LogP contribution in [0.2, 0.25) is 0 Å². The Kier molecular flexibility index (Phi) is 5.67. The molecule has 54 valence electrons. The molecule has 0 heterocycles. The van der Waals surface area contributed by atoms with Crippen LogP contribution in [0.4, 0.5) is 0 Å². The first-order chi connectivity index (χ1) is 4.76. The van der Waals surface area contributed by atoms with E-state index in [-0.39, 0.29) is 10.7 Å². The van der Waals surface area contributed by atoms with E-state index in [0.29, 0.717) is 6.42 Å². The highest BCUT2D eigenvalue weighted by Crippen LogP contribution is 2.15. The average molecular weight is 266 g/mol. The second-order valence-corrected chi connectivity index (χ2v) is 3.52. The number of hydrogen-bond donors (Lipinski definition) is 0. The van der Waals surface area contributed by atoms with E-state index in [4.69, 9.17) is 10.5 Å². The van der Waals surface area contributed by atoms with Gasteiger partial charge in [0, 0.05) is 5.33 Å². The summed E-state index contributed by atoms with van der Waals surface area (Å²) in [6.07, 6.45) is 0.708. The van der Waals surface area contributed by atoms with Gasteiger partial charge < -0.3 is 0 Å². The van der Waals surface area contributed by atoms with Crippen LogP contribution in [0.25, 0.3) is 0 Å². The molecule has 2 atom stereocenters. The summed E-state index contributed by atoms with van der Waals surface area (Å²) >= 11 is 6.31. The minimum absolute atomic E-state index is 0.204. The molecule has 0 fully saturated rings. The van der Waals surface area contributed by atoms with Crippen LogP contribution in [-0.2, 0) is 0 Å². The first-order valence-electron chi connectivity index (χ1n) is 2.75. The molecule has 0 bridgehead atoms. The smallest absolute Gasteiger partial charge is 0.117 e. The molecule has 0 saturated carbocycles. The normalized spacial score (nSPS) is 14.8. The van der Waals surface area contributed by atoms with E-state index in [9.17, 15) is 0 Å². The van der Waals surface area contributed by atoms with Gasteiger partial charge in [0.05, 0.1) is 18.1 Å². The van der Waals surface area contributed by atoms with Crippen molar-refractivity contribution in [2.45, 2.75) is 11.2 Å². The Balaban J connectivity index is 3.86. The predicted octanol–water partition coefficient (Wildman–Crippen LogP) is 2.20. The maximum Gasteiger partial charge on any atom is 0.117 e. The molecule has 0 saturated heterocycles. The van der Waals surface area contributed by atoms with Crippen molar-refractivity contribution in [3.8, 4) is 12.1 Å². The van der Waals surface area contributed by atoms with E-state index in [1.54, 1.807) is 0 Å². The van der Waals surface area contributed by atoms with Crippen LogP contribution < -0.4 is 0 Å². The molecule has 4 heteroatoms. The third-order valence-electron chi connectivity index (χ3n) is 1.06. The van der Waals surface area contributed by atoms with Gasteiger partial charge in [-0.2, -0.15) is 10.5 Å². The van der Waals surface area contributed by atoms with Gasteiger partial charge in [0.15, 0.2) is 0 Å². The first-order valence-corrected chi connectivity index (χ1v) is 4.79. The Labute approximate surface area is 77.1 Å². The molecule has 2 unspecified atom stereocenters. The van der Waals surface area contributed by atoms with Crippen molar-refractivity contribution >= 4 is 31.9 Å². The third-order valence-corrected chi connectivity index (χ3v) is 2.36. The Morgan fingerprint density at radius 3 is 2.20 bits per heavy atom. The van der Waals surface area contributed by atoms with Crippen molar-refractivity contribution in [3.63, 3.8) is 0 Å². The number of halogens is 2. The standard InChI is InChI=1S/C6H6Br2N2/c7-2-1-5(3-9)6(8)4-10/h5-6H,1-2H2. The van der Waals surface area contributed by atoms with Crippen LogP contribution in [0.5, 0.6) is 0 Å². The molecule has 0 aliphatic rings. The monoisotopic (exact) mass is 264 g/mol. The van der Waals surface area contributed by atoms with Crippen LogP contribution in [-0.4, -0.2) is 10.2 Å². The molecule has 2 nitrogen and oxygen atoms in total. The van der Waals surface area contributed by atoms with Crippen LogP contribution in [0.15, 0.2) is 0 Å². The Hall–Kier alpha value is -0.0600. The highest BCUT2D eigenvalue weighted by molar-refractivity contribution is 9.09. The van der Waals surface area contributed by atoms with Crippen molar-refractivity contribution < 1.29 is 0 Å². The quantitative estimate of drug-likeness (QED) is 0.735. The van der Waals surface area contributed by atoms with Crippen molar-refractivity contribution in [2.75, 3.05) is 5.33 Å². The maximum absolute atomic E-state index is 8.51. The average Bonchev–Trinajstić information content (AvgIpc) is 1.99. The van der Waals surface area contributed by atoms with Gasteiger partial charge in [0.2, 0.25) is 0 Å². The zero-order valence-electron chi connectivity index (χ0n) is 5.22. The van der Waals surface area contributed by atoms with Gasteiger partial charge in [-0.25, -0.2) is 0 Å². The van der Waals surface area contributed by atoms with Gasteiger partial charge in [-0.05, 0) is 6.42 Å². The lowest BCUT2D eigenvalue weighted by molar-refractivity contribution is 0.686. The molecule has 10 heavy (non-hydrogen) atoms.